The van der Waals surface area contributed by atoms with Crippen LogP contribution in [0.3, 0.4) is 0 Å². The van der Waals surface area contributed by atoms with Crippen molar-refractivity contribution >= 4 is 11.8 Å². The number of piperidine rings is 1. The van der Waals surface area contributed by atoms with Crippen LogP contribution in [0.2, 0.25) is 0 Å². The summed E-state index contributed by atoms with van der Waals surface area (Å²) in [6, 6.07) is 10.5. The number of likely N-dealkylation sites (tertiary alicyclic amines) is 1. The quantitative estimate of drug-likeness (QED) is 0.485. The Morgan fingerprint density at radius 1 is 1.00 bits per heavy atom. The maximum atomic E-state index is 13.0. The molecule has 0 unspecified atom stereocenters. The first-order chi connectivity index (χ1) is 16.1. The van der Waals surface area contributed by atoms with Gasteiger partial charge >= 0.3 is 0 Å². The summed E-state index contributed by atoms with van der Waals surface area (Å²) in [4.78, 5) is 33.4. The number of carbonyl (C=O) groups is 2. The molecule has 7 nitrogen and oxygen atoms in total. The van der Waals surface area contributed by atoms with Gasteiger partial charge in [0, 0.05) is 11.6 Å². The Balaban J connectivity index is 1.35. The zero-order valence-electron chi connectivity index (χ0n) is 19.5. The highest BCUT2D eigenvalue weighted by Crippen LogP contribution is 2.33. The average molecular weight is 453 g/mol. The lowest BCUT2D eigenvalue weighted by Crippen LogP contribution is -2.59. The topological polar surface area (TPSA) is 94.5 Å². The Morgan fingerprint density at radius 2 is 1.67 bits per heavy atom. The number of hydrogen-bond acceptors (Lipinski definition) is 5. The second-order valence-corrected chi connectivity index (χ2v) is 9.85. The summed E-state index contributed by atoms with van der Waals surface area (Å²) in [6.45, 7) is 2.11. The van der Waals surface area contributed by atoms with Gasteiger partial charge in [-0.25, -0.2) is 5.48 Å². The lowest BCUT2D eigenvalue weighted by molar-refractivity contribution is -0.140. The maximum absolute atomic E-state index is 13.0. The van der Waals surface area contributed by atoms with Gasteiger partial charge in [-0.05, 0) is 75.2 Å². The molecule has 1 heterocycles. The van der Waals surface area contributed by atoms with Crippen LogP contribution in [0.4, 0.5) is 0 Å². The van der Waals surface area contributed by atoms with Crippen LogP contribution < -0.4 is 10.8 Å². The molecule has 0 bridgehead atoms. The number of nitrogens with one attached hydrogen (secondary N) is 2. The van der Waals surface area contributed by atoms with Crippen molar-refractivity contribution in [2.24, 2.45) is 0 Å². The summed E-state index contributed by atoms with van der Waals surface area (Å²) in [5.74, 6) is -0.0705. The molecule has 1 saturated heterocycles. The molecule has 1 aromatic carbocycles. The van der Waals surface area contributed by atoms with Gasteiger partial charge in [-0.2, -0.15) is 5.26 Å². The van der Waals surface area contributed by atoms with Gasteiger partial charge in [-0.1, -0.05) is 44.2 Å². The molecular weight excluding hydrogens is 416 g/mol. The Labute approximate surface area is 196 Å². The minimum Gasteiger partial charge on any atom is -0.338 e. The highest BCUT2D eigenvalue weighted by Gasteiger charge is 2.41. The molecule has 0 spiro atoms. The molecule has 33 heavy (non-hydrogen) atoms. The Morgan fingerprint density at radius 3 is 2.30 bits per heavy atom. The van der Waals surface area contributed by atoms with Gasteiger partial charge in [0.2, 0.25) is 0 Å². The lowest BCUT2D eigenvalue weighted by atomic mass is 9.80. The van der Waals surface area contributed by atoms with E-state index in [0.717, 1.165) is 25.3 Å². The molecule has 4 rings (SSSR count). The summed E-state index contributed by atoms with van der Waals surface area (Å²) in [5, 5.41) is 11.6. The maximum Gasteiger partial charge on any atom is 0.269 e. The molecule has 2 aliphatic carbocycles. The molecule has 2 saturated carbocycles. The van der Waals surface area contributed by atoms with Crippen LogP contribution in [-0.2, 0) is 9.63 Å². The van der Waals surface area contributed by atoms with E-state index in [9.17, 15) is 9.59 Å². The Bertz CT molecular complexity index is 843. The van der Waals surface area contributed by atoms with E-state index < -0.39 is 5.54 Å². The molecule has 0 radical (unpaired) electrons. The lowest BCUT2D eigenvalue weighted by Gasteiger charge is -2.36. The third-order valence-corrected chi connectivity index (χ3v) is 7.81. The highest BCUT2D eigenvalue weighted by atomic mass is 16.6. The summed E-state index contributed by atoms with van der Waals surface area (Å²) in [6.07, 6.45) is 11.7. The van der Waals surface area contributed by atoms with Crippen molar-refractivity contribution in [1.29, 1.82) is 5.26 Å². The van der Waals surface area contributed by atoms with Crippen LogP contribution in [0, 0.1) is 11.3 Å². The van der Waals surface area contributed by atoms with E-state index in [2.05, 4.69) is 27.8 Å². The molecule has 3 fully saturated rings. The zero-order chi connectivity index (χ0) is 23.1. The van der Waals surface area contributed by atoms with Crippen molar-refractivity contribution in [3.8, 4) is 6.07 Å². The SMILES string of the molecule is N#CCONC(=O)C1(NC(=O)c2ccc(C3CCN(C4CCCC4)CC3)cc2)CCCCC1. The fourth-order valence-electron chi connectivity index (χ4n) is 5.86. The molecule has 3 aliphatic rings. The zero-order valence-corrected chi connectivity index (χ0v) is 19.5. The fraction of sp³-hybridized carbons (Fsp3) is 0.654. The van der Waals surface area contributed by atoms with E-state index in [4.69, 9.17) is 10.1 Å². The summed E-state index contributed by atoms with van der Waals surface area (Å²) in [5.41, 5.74) is 3.22. The van der Waals surface area contributed by atoms with Gasteiger partial charge in [0.15, 0.2) is 6.61 Å². The molecule has 178 valence electrons. The Hall–Kier alpha value is -2.43. The normalized spacial score (nSPS) is 21.9. The van der Waals surface area contributed by atoms with Crippen LogP contribution in [0.5, 0.6) is 0 Å². The molecule has 0 aromatic heterocycles. The number of amides is 2. The Kier molecular flexibility index (Phi) is 8.00. The number of benzene rings is 1. The second-order valence-electron chi connectivity index (χ2n) is 9.85. The predicted molar refractivity (Wildman–Crippen MR) is 125 cm³/mol. The van der Waals surface area contributed by atoms with E-state index in [0.29, 0.717) is 24.3 Å². The van der Waals surface area contributed by atoms with Crippen LogP contribution in [0.1, 0.15) is 92.5 Å². The van der Waals surface area contributed by atoms with Gasteiger partial charge in [-0.3, -0.25) is 14.4 Å². The molecule has 1 aliphatic heterocycles. The van der Waals surface area contributed by atoms with E-state index in [1.807, 2.05) is 18.2 Å². The van der Waals surface area contributed by atoms with Crippen molar-refractivity contribution in [3.05, 3.63) is 35.4 Å². The largest absolute Gasteiger partial charge is 0.338 e. The van der Waals surface area contributed by atoms with Crippen molar-refractivity contribution in [3.63, 3.8) is 0 Å². The third-order valence-electron chi connectivity index (χ3n) is 7.81. The van der Waals surface area contributed by atoms with E-state index in [1.165, 1.54) is 57.2 Å². The van der Waals surface area contributed by atoms with Gasteiger partial charge in [-0.15, -0.1) is 0 Å². The van der Waals surface area contributed by atoms with Crippen LogP contribution in [0.15, 0.2) is 24.3 Å². The van der Waals surface area contributed by atoms with Crippen LogP contribution >= 0.6 is 0 Å². The first-order valence-electron chi connectivity index (χ1n) is 12.6. The smallest absolute Gasteiger partial charge is 0.269 e. The van der Waals surface area contributed by atoms with Gasteiger partial charge < -0.3 is 10.2 Å². The monoisotopic (exact) mass is 452 g/mol. The fourth-order valence-corrected chi connectivity index (χ4v) is 5.86. The highest BCUT2D eigenvalue weighted by molar-refractivity contribution is 5.99. The minimum absolute atomic E-state index is 0.225. The minimum atomic E-state index is -0.990. The van der Waals surface area contributed by atoms with Gasteiger partial charge in [0.25, 0.3) is 11.8 Å². The number of rotatable bonds is 7. The van der Waals surface area contributed by atoms with Crippen molar-refractivity contribution < 1.29 is 14.4 Å². The van der Waals surface area contributed by atoms with E-state index in [1.54, 1.807) is 0 Å². The van der Waals surface area contributed by atoms with E-state index in [-0.39, 0.29) is 18.4 Å². The summed E-state index contributed by atoms with van der Waals surface area (Å²) >= 11 is 0. The van der Waals surface area contributed by atoms with Crippen molar-refractivity contribution in [2.75, 3.05) is 19.7 Å². The van der Waals surface area contributed by atoms with Crippen LogP contribution in [0.25, 0.3) is 0 Å². The average Bonchev–Trinajstić information content (AvgIpc) is 3.40. The molecule has 1 aromatic rings. The van der Waals surface area contributed by atoms with Crippen molar-refractivity contribution in [1.82, 2.24) is 15.7 Å². The first kappa shape index (κ1) is 23.7. The standard InChI is InChI=1S/C26H36N4O3/c27-16-19-33-29-25(32)26(14-4-1-5-15-26)28-24(31)22-10-8-20(9-11-22)21-12-17-30(18-13-21)23-6-2-3-7-23/h8-11,21,23H,1-7,12-15,17-19H2,(H,28,31)(H,29,32). The second kappa shape index (κ2) is 11.1. The van der Waals surface area contributed by atoms with Crippen molar-refractivity contribution in [2.45, 2.75) is 88.1 Å². The summed E-state index contributed by atoms with van der Waals surface area (Å²) in [7, 11) is 0. The molecular formula is C26H36N4O3. The van der Waals surface area contributed by atoms with E-state index >= 15 is 0 Å². The number of hydroxylamine groups is 1. The summed E-state index contributed by atoms with van der Waals surface area (Å²) < 4.78 is 0. The molecule has 2 N–H and O–H groups in total. The number of nitrogens with zero attached hydrogens (tertiary/aromatic N) is 2. The molecule has 2 amide bonds. The van der Waals surface area contributed by atoms with Crippen LogP contribution in [-0.4, -0.2) is 48.0 Å². The van der Waals surface area contributed by atoms with Gasteiger partial charge in [0.1, 0.15) is 5.54 Å². The molecule has 7 heteroatoms. The number of nitriles is 1. The third kappa shape index (κ3) is 5.74. The molecule has 0 atom stereocenters. The number of carbonyl (C=O) groups excluding carboxylic acids is 2. The van der Waals surface area contributed by atoms with Gasteiger partial charge in [0.05, 0.1) is 6.07 Å². The predicted octanol–water partition coefficient (Wildman–Crippen LogP) is 3.81. The first-order valence-corrected chi connectivity index (χ1v) is 12.6. The number of hydrogen-bond donors (Lipinski definition) is 2.